The molecule has 0 aliphatic heterocycles. The molecule has 0 bridgehead atoms. The van der Waals surface area contributed by atoms with Crippen LogP contribution in [0, 0.1) is 5.41 Å². The van der Waals surface area contributed by atoms with Crippen LogP contribution in [0.1, 0.15) is 27.2 Å². The summed E-state index contributed by atoms with van der Waals surface area (Å²) in [4.78, 5) is 0. The van der Waals surface area contributed by atoms with Gasteiger partial charge >= 0.3 is 6.18 Å². The molecule has 0 rings (SSSR count). The largest absolute Gasteiger partial charge is 0.390 e. The highest BCUT2D eigenvalue weighted by Gasteiger charge is 2.26. The third-order valence-corrected chi connectivity index (χ3v) is 2.06. The van der Waals surface area contributed by atoms with E-state index < -0.39 is 12.6 Å². The number of alkyl halides is 3. The average Bonchev–Trinajstić information content (AvgIpc) is 1.93. The molecule has 0 spiro atoms. The van der Waals surface area contributed by atoms with Gasteiger partial charge < -0.3 is 11.1 Å². The number of nitrogens with two attached hydrogens (primary N) is 1. The van der Waals surface area contributed by atoms with Gasteiger partial charge in [-0.15, -0.1) is 0 Å². The fraction of sp³-hybridized carbons (Fsp3) is 1.00. The molecule has 5 heteroatoms. The highest BCUT2D eigenvalue weighted by molar-refractivity contribution is 4.78. The fourth-order valence-corrected chi connectivity index (χ4v) is 0.794. The lowest BCUT2D eigenvalue weighted by Crippen LogP contribution is -2.44. The second-order valence-corrected chi connectivity index (χ2v) is 4.54. The summed E-state index contributed by atoms with van der Waals surface area (Å²) >= 11 is 0. The Bertz CT molecular complexity index is 160. The Morgan fingerprint density at radius 2 is 1.71 bits per heavy atom. The van der Waals surface area contributed by atoms with Crippen molar-refractivity contribution in [1.82, 2.24) is 5.32 Å². The lowest BCUT2D eigenvalue weighted by Gasteiger charge is -2.27. The Hall–Kier alpha value is -0.290. The number of nitrogens with one attached hydrogen (secondary N) is 1. The van der Waals surface area contributed by atoms with Crippen molar-refractivity contribution in [2.75, 3.05) is 13.1 Å². The molecule has 0 aromatic carbocycles. The van der Waals surface area contributed by atoms with Crippen LogP contribution in [-0.2, 0) is 0 Å². The molecule has 0 aromatic rings. The van der Waals surface area contributed by atoms with Crippen molar-refractivity contribution < 1.29 is 13.2 Å². The van der Waals surface area contributed by atoms with Crippen LogP contribution in [0.2, 0.25) is 0 Å². The molecule has 1 unspecified atom stereocenters. The van der Waals surface area contributed by atoms with Gasteiger partial charge in [-0.25, -0.2) is 0 Å². The molecule has 86 valence electrons. The van der Waals surface area contributed by atoms with Crippen LogP contribution >= 0.6 is 0 Å². The molecule has 0 aliphatic carbocycles. The zero-order chi connectivity index (χ0) is 11.4. The van der Waals surface area contributed by atoms with Gasteiger partial charge in [0.25, 0.3) is 0 Å². The summed E-state index contributed by atoms with van der Waals surface area (Å²) in [5.74, 6) is 0. The lowest BCUT2D eigenvalue weighted by molar-refractivity contribution is -0.133. The standard InChI is InChI=1S/C9H19F3N2/c1-8(2,3)7(13)6-14-5-4-9(10,11)12/h7,14H,4-6,13H2,1-3H3. The quantitative estimate of drug-likeness (QED) is 0.698. The summed E-state index contributed by atoms with van der Waals surface area (Å²) in [5.41, 5.74) is 5.68. The third kappa shape index (κ3) is 7.15. The Balaban J connectivity index is 3.56. The van der Waals surface area contributed by atoms with Gasteiger partial charge in [-0.3, -0.25) is 0 Å². The second-order valence-electron chi connectivity index (χ2n) is 4.54. The zero-order valence-electron chi connectivity index (χ0n) is 8.91. The van der Waals surface area contributed by atoms with E-state index in [1.54, 1.807) is 0 Å². The van der Waals surface area contributed by atoms with Crippen molar-refractivity contribution >= 4 is 0 Å². The van der Waals surface area contributed by atoms with Crippen molar-refractivity contribution in [1.29, 1.82) is 0 Å². The molecular formula is C9H19F3N2. The van der Waals surface area contributed by atoms with Crippen molar-refractivity contribution in [3.63, 3.8) is 0 Å². The van der Waals surface area contributed by atoms with Crippen LogP contribution in [0.4, 0.5) is 13.2 Å². The normalized spacial score (nSPS) is 15.6. The molecule has 2 nitrogen and oxygen atoms in total. The zero-order valence-corrected chi connectivity index (χ0v) is 8.91. The fourth-order valence-electron chi connectivity index (χ4n) is 0.794. The van der Waals surface area contributed by atoms with E-state index in [4.69, 9.17) is 5.73 Å². The molecule has 0 saturated heterocycles. The maximum atomic E-state index is 11.7. The Morgan fingerprint density at radius 3 is 2.07 bits per heavy atom. The lowest BCUT2D eigenvalue weighted by atomic mass is 9.87. The van der Waals surface area contributed by atoms with Gasteiger partial charge in [0.1, 0.15) is 0 Å². The molecule has 3 N–H and O–H groups in total. The molecule has 14 heavy (non-hydrogen) atoms. The molecular weight excluding hydrogens is 193 g/mol. The van der Waals surface area contributed by atoms with Crippen LogP contribution in [-0.4, -0.2) is 25.3 Å². The predicted octanol–water partition coefficient (Wildman–Crippen LogP) is 1.90. The van der Waals surface area contributed by atoms with Gasteiger partial charge in [0.15, 0.2) is 0 Å². The second kappa shape index (κ2) is 4.98. The first-order valence-electron chi connectivity index (χ1n) is 4.66. The van der Waals surface area contributed by atoms with Gasteiger partial charge in [-0.05, 0) is 5.41 Å². The van der Waals surface area contributed by atoms with Gasteiger partial charge in [-0.2, -0.15) is 13.2 Å². The summed E-state index contributed by atoms with van der Waals surface area (Å²) in [6.07, 6.45) is -4.89. The Kier molecular flexibility index (Phi) is 4.88. The summed E-state index contributed by atoms with van der Waals surface area (Å²) in [5, 5.41) is 2.70. The SMILES string of the molecule is CC(C)(C)C(N)CNCCC(F)(F)F. The van der Waals surface area contributed by atoms with E-state index in [2.05, 4.69) is 5.32 Å². The number of halogens is 3. The van der Waals surface area contributed by atoms with Crippen LogP contribution in [0.3, 0.4) is 0 Å². The molecule has 0 aromatic heterocycles. The first-order valence-corrected chi connectivity index (χ1v) is 4.66. The van der Waals surface area contributed by atoms with Crippen LogP contribution < -0.4 is 11.1 Å². The Labute approximate surface area is 83.0 Å². The summed E-state index contributed by atoms with van der Waals surface area (Å²) < 4.78 is 35.2. The summed E-state index contributed by atoms with van der Waals surface area (Å²) in [7, 11) is 0. The van der Waals surface area contributed by atoms with E-state index in [-0.39, 0.29) is 18.0 Å². The van der Waals surface area contributed by atoms with Gasteiger partial charge in [0.2, 0.25) is 0 Å². The topological polar surface area (TPSA) is 38.0 Å². The van der Waals surface area contributed by atoms with E-state index >= 15 is 0 Å². The van der Waals surface area contributed by atoms with Crippen LogP contribution in [0.5, 0.6) is 0 Å². The van der Waals surface area contributed by atoms with Gasteiger partial charge in [-0.1, -0.05) is 20.8 Å². The van der Waals surface area contributed by atoms with Crippen molar-refractivity contribution in [2.24, 2.45) is 11.1 Å². The highest BCUT2D eigenvalue weighted by Crippen LogP contribution is 2.19. The van der Waals surface area contributed by atoms with Crippen molar-refractivity contribution in [2.45, 2.75) is 39.4 Å². The van der Waals surface area contributed by atoms with E-state index in [9.17, 15) is 13.2 Å². The first kappa shape index (κ1) is 13.7. The van der Waals surface area contributed by atoms with Crippen molar-refractivity contribution in [3.8, 4) is 0 Å². The first-order chi connectivity index (χ1) is 6.13. The summed E-state index contributed by atoms with van der Waals surface area (Å²) in [6.45, 7) is 6.24. The highest BCUT2D eigenvalue weighted by atomic mass is 19.4. The van der Waals surface area contributed by atoms with Crippen LogP contribution in [0.15, 0.2) is 0 Å². The minimum Gasteiger partial charge on any atom is -0.326 e. The summed E-state index contributed by atoms with van der Waals surface area (Å²) in [6, 6.07) is -0.129. The van der Waals surface area contributed by atoms with Gasteiger partial charge in [0.05, 0.1) is 6.42 Å². The minimum absolute atomic E-state index is 0.0622. The van der Waals surface area contributed by atoms with E-state index in [0.29, 0.717) is 6.54 Å². The predicted molar refractivity (Wildman–Crippen MR) is 51.0 cm³/mol. The monoisotopic (exact) mass is 212 g/mol. The van der Waals surface area contributed by atoms with Crippen LogP contribution in [0.25, 0.3) is 0 Å². The molecule has 0 radical (unpaired) electrons. The average molecular weight is 212 g/mol. The van der Waals surface area contributed by atoms with E-state index in [1.165, 1.54) is 0 Å². The number of hydrogen-bond acceptors (Lipinski definition) is 2. The number of rotatable bonds is 4. The van der Waals surface area contributed by atoms with Gasteiger partial charge in [0, 0.05) is 19.1 Å². The molecule has 0 saturated carbocycles. The molecule has 0 heterocycles. The maximum absolute atomic E-state index is 11.7. The maximum Gasteiger partial charge on any atom is 0.390 e. The van der Waals surface area contributed by atoms with Crippen molar-refractivity contribution in [3.05, 3.63) is 0 Å². The molecule has 0 amide bonds. The smallest absolute Gasteiger partial charge is 0.326 e. The van der Waals surface area contributed by atoms with E-state index in [0.717, 1.165) is 0 Å². The minimum atomic E-state index is -4.08. The third-order valence-electron chi connectivity index (χ3n) is 2.06. The van der Waals surface area contributed by atoms with E-state index in [1.807, 2.05) is 20.8 Å². The molecule has 1 atom stereocenters. The number of hydrogen-bond donors (Lipinski definition) is 2. The Morgan fingerprint density at radius 1 is 1.21 bits per heavy atom. The molecule has 0 aliphatic rings. The molecule has 0 fully saturated rings.